The van der Waals surface area contributed by atoms with Gasteiger partial charge in [0, 0.05) is 30.1 Å². The molecule has 7 nitrogen and oxygen atoms in total. The lowest BCUT2D eigenvalue weighted by Gasteiger charge is -2.12. The van der Waals surface area contributed by atoms with E-state index in [0.717, 1.165) is 24.6 Å². The smallest absolute Gasteiger partial charge is 0.344 e. The number of benzene rings is 1. The SMILES string of the molecule is CCOC(=O)COc1cc(NC(=O)c2c[nH]c3c2C(=O)CCC3)ccc1F. The van der Waals surface area contributed by atoms with Crippen LogP contribution < -0.4 is 10.1 Å². The minimum Gasteiger partial charge on any atom is -0.479 e. The molecule has 8 heteroatoms. The number of aromatic amines is 1. The first-order valence-corrected chi connectivity index (χ1v) is 8.62. The number of esters is 1. The molecule has 0 radical (unpaired) electrons. The van der Waals surface area contributed by atoms with Gasteiger partial charge in [-0.25, -0.2) is 9.18 Å². The zero-order valence-electron chi connectivity index (χ0n) is 14.8. The number of carbonyl (C=O) groups excluding carboxylic acids is 3. The zero-order chi connectivity index (χ0) is 19.4. The van der Waals surface area contributed by atoms with Gasteiger partial charge in [0.1, 0.15) is 0 Å². The largest absolute Gasteiger partial charge is 0.479 e. The fraction of sp³-hybridized carbons (Fsp3) is 0.316. The molecule has 3 rings (SSSR count). The molecule has 1 aromatic heterocycles. The maximum Gasteiger partial charge on any atom is 0.344 e. The third-order valence-corrected chi connectivity index (χ3v) is 4.16. The Morgan fingerprint density at radius 2 is 2.11 bits per heavy atom. The van der Waals surface area contributed by atoms with Crippen molar-refractivity contribution in [3.63, 3.8) is 0 Å². The molecule has 1 aromatic carbocycles. The van der Waals surface area contributed by atoms with E-state index in [1.807, 2.05) is 0 Å². The van der Waals surface area contributed by atoms with E-state index >= 15 is 0 Å². The van der Waals surface area contributed by atoms with E-state index in [-0.39, 0.29) is 29.4 Å². The van der Waals surface area contributed by atoms with Crippen LogP contribution >= 0.6 is 0 Å². The van der Waals surface area contributed by atoms with Gasteiger partial charge in [-0.3, -0.25) is 9.59 Å². The monoisotopic (exact) mass is 374 g/mol. The van der Waals surface area contributed by atoms with E-state index in [1.54, 1.807) is 6.92 Å². The number of ketones is 1. The number of Topliss-reactive ketones (excluding diaryl/α,β-unsaturated/α-hetero) is 1. The number of aryl methyl sites for hydroxylation is 1. The Morgan fingerprint density at radius 3 is 2.89 bits per heavy atom. The van der Waals surface area contributed by atoms with Crippen molar-refractivity contribution in [1.29, 1.82) is 0 Å². The summed E-state index contributed by atoms with van der Waals surface area (Å²) in [5, 5.41) is 2.62. The standard InChI is InChI=1S/C19H19FN2O5/c1-2-26-17(24)10-27-16-8-11(6-7-13(16)20)22-19(25)12-9-21-14-4-3-5-15(23)18(12)14/h6-9,21H,2-5,10H2,1H3,(H,22,25). The fourth-order valence-electron chi connectivity index (χ4n) is 2.94. The molecule has 1 aliphatic carbocycles. The molecule has 0 saturated carbocycles. The summed E-state index contributed by atoms with van der Waals surface area (Å²) in [5.41, 5.74) is 1.71. The van der Waals surface area contributed by atoms with Gasteiger partial charge >= 0.3 is 5.97 Å². The molecule has 2 N–H and O–H groups in total. The van der Waals surface area contributed by atoms with Crippen molar-refractivity contribution in [3.8, 4) is 5.75 Å². The first kappa shape index (κ1) is 18.6. The van der Waals surface area contributed by atoms with Crippen LogP contribution in [0, 0.1) is 5.82 Å². The van der Waals surface area contributed by atoms with Crippen molar-refractivity contribution in [2.24, 2.45) is 0 Å². The molecule has 142 valence electrons. The average molecular weight is 374 g/mol. The van der Waals surface area contributed by atoms with Gasteiger partial charge in [-0.2, -0.15) is 0 Å². The highest BCUT2D eigenvalue weighted by Gasteiger charge is 2.26. The number of anilines is 1. The van der Waals surface area contributed by atoms with Crippen LogP contribution in [0.15, 0.2) is 24.4 Å². The molecule has 27 heavy (non-hydrogen) atoms. The van der Waals surface area contributed by atoms with Gasteiger partial charge < -0.3 is 19.8 Å². The highest BCUT2D eigenvalue weighted by Crippen LogP contribution is 2.26. The Bertz CT molecular complexity index is 890. The number of halogens is 1. The van der Waals surface area contributed by atoms with Crippen molar-refractivity contribution in [1.82, 2.24) is 4.98 Å². The Labute approximate surface area is 154 Å². The summed E-state index contributed by atoms with van der Waals surface area (Å²) in [5.74, 6) is -2.03. The minimum absolute atomic E-state index is 0.0692. The molecule has 1 amide bonds. The molecule has 0 bridgehead atoms. The predicted octanol–water partition coefficient (Wildman–Crippen LogP) is 2.87. The molecule has 2 aromatic rings. The number of carbonyl (C=O) groups is 3. The molecule has 0 fully saturated rings. The van der Waals surface area contributed by atoms with Crippen LogP contribution in [-0.2, 0) is 16.0 Å². The first-order chi connectivity index (χ1) is 13.0. The van der Waals surface area contributed by atoms with Crippen molar-refractivity contribution in [3.05, 3.63) is 47.0 Å². The van der Waals surface area contributed by atoms with E-state index < -0.39 is 24.3 Å². The summed E-state index contributed by atoms with van der Waals surface area (Å²) in [6, 6.07) is 3.76. The van der Waals surface area contributed by atoms with Crippen LogP contribution in [0.2, 0.25) is 0 Å². The highest BCUT2D eigenvalue weighted by molar-refractivity contribution is 6.13. The summed E-state index contributed by atoms with van der Waals surface area (Å²) in [4.78, 5) is 39.0. The van der Waals surface area contributed by atoms with E-state index in [1.165, 1.54) is 18.3 Å². The molecule has 0 unspecified atom stereocenters. The number of aromatic nitrogens is 1. The van der Waals surface area contributed by atoms with Crippen molar-refractivity contribution < 1.29 is 28.2 Å². The lowest BCUT2D eigenvalue weighted by molar-refractivity contribution is -0.145. The molecule has 0 saturated heterocycles. The Morgan fingerprint density at radius 1 is 1.30 bits per heavy atom. The third-order valence-electron chi connectivity index (χ3n) is 4.16. The molecular formula is C19H19FN2O5. The summed E-state index contributed by atoms with van der Waals surface area (Å²) in [6.45, 7) is 1.40. The highest BCUT2D eigenvalue weighted by atomic mass is 19.1. The molecule has 0 atom stereocenters. The summed E-state index contributed by atoms with van der Waals surface area (Å²) >= 11 is 0. The van der Waals surface area contributed by atoms with Gasteiger partial charge in [-0.15, -0.1) is 0 Å². The normalized spacial score (nSPS) is 13.0. The minimum atomic E-state index is -0.675. The van der Waals surface area contributed by atoms with E-state index in [9.17, 15) is 18.8 Å². The first-order valence-electron chi connectivity index (χ1n) is 8.62. The quantitative estimate of drug-likeness (QED) is 0.758. The third kappa shape index (κ3) is 4.16. The molecular weight excluding hydrogens is 355 g/mol. The summed E-state index contributed by atoms with van der Waals surface area (Å²) in [6.07, 6.45) is 3.39. The number of hydrogen-bond donors (Lipinski definition) is 2. The maximum absolute atomic E-state index is 13.9. The number of rotatable bonds is 6. The number of hydrogen-bond acceptors (Lipinski definition) is 5. The van der Waals surface area contributed by atoms with Crippen LogP contribution in [0.5, 0.6) is 5.75 Å². The van der Waals surface area contributed by atoms with Gasteiger partial charge in [0.25, 0.3) is 5.91 Å². The molecule has 0 spiro atoms. The van der Waals surface area contributed by atoms with Crippen LogP contribution in [0.25, 0.3) is 0 Å². The van der Waals surface area contributed by atoms with E-state index in [4.69, 9.17) is 9.47 Å². The van der Waals surface area contributed by atoms with Crippen molar-refractivity contribution >= 4 is 23.3 Å². The Balaban J connectivity index is 1.73. The van der Waals surface area contributed by atoms with Crippen LogP contribution in [0.3, 0.4) is 0 Å². The van der Waals surface area contributed by atoms with Gasteiger partial charge in [-0.05, 0) is 31.9 Å². The molecule has 1 heterocycles. The number of ether oxygens (including phenoxy) is 2. The van der Waals surface area contributed by atoms with Crippen LogP contribution in [0.4, 0.5) is 10.1 Å². The topological polar surface area (TPSA) is 97.5 Å². The average Bonchev–Trinajstić information content (AvgIpc) is 3.08. The second kappa shape index (κ2) is 8.03. The lowest BCUT2D eigenvalue weighted by Crippen LogP contribution is -2.18. The zero-order valence-corrected chi connectivity index (χ0v) is 14.8. The second-order valence-corrected chi connectivity index (χ2v) is 6.03. The molecule has 0 aliphatic heterocycles. The van der Waals surface area contributed by atoms with Gasteiger partial charge in [-0.1, -0.05) is 0 Å². The summed E-state index contributed by atoms with van der Waals surface area (Å²) < 4.78 is 23.7. The van der Waals surface area contributed by atoms with Gasteiger partial charge in [0.2, 0.25) is 0 Å². The van der Waals surface area contributed by atoms with Gasteiger partial charge in [0.05, 0.1) is 17.7 Å². The Hall–Kier alpha value is -3.16. The van der Waals surface area contributed by atoms with Crippen molar-refractivity contribution in [2.45, 2.75) is 26.2 Å². The van der Waals surface area contributed by atoms with Crippen molar-refractivity contribution in [2.75, 3.05) is 18.5 Å². The fourth-order valence-corrected chi connectivity index (χ4v) is 2.94. The number of nitrogens with one attached hydrogen (secondary N) is 2. The molecule has 1 aliphatic rings. The maximum atomic E-state index is 13.9. The van der Waals surface area contributed by atoms with E-state index in [0.29, 0.717) is 12.0 Å². The number of amides is 1. The summed E-state index contributed by atoms with van der Waals surface area (Å²) in [7, 11) is 0. The van der Waals surface area contributed by atoms with E-state index in [2.05, 4.69) is 10.3 Å². The second-order valence-electron chi connectivity index (χ2n) is 6.03. The number of H-pyrrole nitrogens is 1. The predicted molar refractivity (Wildman–Crippen MR) is 94.5 cm³/mol. The Kier molecular flexibility index (Phi) is 5.54. The van der Waals surface area contributed by atoms with Crippen LogP contribution in [-0.4, -0.2) is 35.9 Å². The number of fused-ring (bicyclic) bond motifs is 1. The lowest BCUT2D eigenvalue weighted by atomic mass is 9.93. The van der Waals surface area contributed by atoms with Gasteiger partial charge in [0.15, 0.2) is 24.0 Å². The van der Waals surface area contributed by atoms with Crippen LogP contribution in [0.1, 0.15) is 46.2 Å².